The third-order valence-electron chi connectivity index (χ3n) is 4.86. The number of ketones is 1. The molecule has 1 atom stereocenters. The quantitative estimate of drug-likeness (QED) is 0.542. The van der Waals surface area contributed by atoms with Crippen LogP contribution in [0.15, 0.2) is 24.3 Å². The van der Waals surface area contributed by atoms with Crippen LogP contribution in [0.5, 0.6) is 0 Å². The van der Waals surface area contributed by atoms with E-state index in [1.54, 1.807) is 20.8 Å². The first-order valence-electron chi connectivity index (χ1n) is 9.39. The highest BCUT2D eigenvalue weighted by Gasteiger charge is 2.27. The number of carbonyl (C=O) groups is 1. The van der Waals surface area contributed by atoms with Crippen molar-refractivity contribution >= 4 is 15.6 Å². The Hall–Kier alpha value is -1.16. The lowest BCUT2D eigenvalue weighted by Crippen LogP contribution is -2.30. The molecule has 25 heavy (non-hydrogen) atoms. The molecule has 1 rings (SSSR count). The Kier molecular flexibility index (Phi) is 8.33. The van der Waals surface area contributed by atoms with Gasteiger partial charge in [0.15, 0.2) is 9.84 Å². The molecule has 4 heteroatoms. The standard InChI is InChI=1S/C21H34O3S/c1-6-17(2)19-13-11-18(12-14-19)16-20(22)10-8-7-9-15-25(23,24)21(3,4)5/h11-14,17H,6-10,15-16H2,1-5H3. The summed E-state index contributed by atoms with van der Waals surface area (Å²) in [6.45, 7) is 9.59. The van der Waals surface area contributed by atoms with E-state index in [1.165, 1.54) is 5.56 Å². The summed E-state index contributed by atoms with van der Waals surface area (Å²) in [7, 11) is -3.05. The number of hydrogen-bond donors (Lipinski definition) is 0. The second kappa shape index (κ2) is 9.51. The van der Waals surface area contributed by atoms with Crippen LogP contribution in [0.4, 0.5) is 0 Å². The van der Waals surface area contributed by atoms with Crippen LogP contribution in [0.2, 0.25) is 0 Å². The zero-order valence-electron chi connectivity index (χ0n) is 16.5. The van der Waals surface area contributed by atoms with Crippen LogP contribution in [0.3, 0.4) is 0 Å². The second-order valence-corrected chi connectivity index (χ2v) is 10.9. The van der Waals surface area contributed by atoms with E-state index in [2.05, 4.69) is 38.1 Å². The van der Waals surface area contributed by atoms with E-state index in [0.29, 0.717) is 25.2 Å². The van der Waals surface area contributed by atoms with Crippen LogP contribution in [0.1, 0.15) is 83.8 Å². The zero-order valence-corrected chi connectivity index (χ0v) is 17.3. The minimum absolute atomic E-state index is 0.210. The molecule has 0 heterocycles. The Morgan fingerprint density at radius 3 is 2.16 bits per heavy atom. The molecule has 0 bridgehead atoms. The summed E-state index contributed by atoms with van der Waals surface area (Å²) in [4.78, 5) is 12.1. The number of Topliss-reactive ketones (excluding diaryl/α,β-unsaturated/α-hetero) is 1. The highest BCUT2D eigenvalue weighted by atomic mass is 32.2. The van der Waals surface area contributed by atoms with E-state index in [1.807, 2.05) is 0 Å². The minimum atomic E-state index is -3.05. The number of benzene rings is 1. The van der Waals surface area contributed by atoms with Crippen LogP contribution in [0.25, 0.3) is 0 Å². The van der Waals surface area contributed by atoms with E-state index in [4.69, 9.17) is 0 Å². The smallest absolute Gasteiger partial charge is 0.155 e. The Labute approximate surface area is 154 Å². The minimum Gasteiger partial charge on any atom is -0.299 e. The maximum atomic E-state index is 12.1. The lowest BCUT2D eigenvalue weighted by Gasteiger charge is -2.18. The first-order chi connectivity index (χ1) is 11.6. The zero-order chi connectivity index (χ0) is 19.1. The van der Waals surface area contributed by atoms with E-state index in [9.17, 15) is 13.2 Å². The average molecular weight is 367 g/mol. The van der Waals surface area contributed by atoms with E-state index in [0.717, 1.165) is 24.8 Å². The third-order valence-corrected chi connectivity index (χ3v) is 7.56. The number of sulfone groups is 1. The topological polar surface area (TPSA) is 51.2 Å². The summed E-state index contributed by atoms with van der Waals surface area (Å²) in [6.07, 6.45) is 4.31. The Bertz CT molecular complexity index is 637. The molecule has 1 aromatic rings. The molecule has 0 fully saturated rings. The normalized spacial score (nSPS) is 13.6. The van der Waals surface area contributed by atoms with Crippen molar-refractivity contribution in [3.8, 4) is 0 Å². The predicted octanol–water partition coefficient (Wildman–Crippen LogP) is 5.09. The number of carbonyl (C=O) groups excluding carboxylic acids is 1. The Morgan fingerprint density at radius 2 is 1.64 bits per heavy atom. The lowest BCUT2D eigenvalue weighted by atomic mass is 9.96. The maximum Gasteiger partial charge on any atom is 0.155 e. The SMILES string of the molecule is CCC(C)c1ccc(CC(=O)CCCCCS(=O)(=O)C(C)(C)C)cc1. The number of unbranched alkanes of at least 4 members (excludes halogenated alkanes) is 2. The molecule has 0 spiro atoms. The van der Waals surface area contributed by atoms with Crippen LogP contribution in [-0.2, 0) is 21.1 Å². The highest BCUT2D eigenvalue weighted by molar-refractivity contribution is 7.92. The van der Waals surface area contributed by atoms with Gasteiger partial charge in [0.1, 0.15) is 5.78 Å². The van der Waals surface area contributed by atoms with Gasteiger partial charge in [-0.3, -0.25) is 4.79 Å². The summed E-state index contributed by atoms with van der Waals surface area (Å²) >= 11 is 0. The summed E-state index contributed by atoms with van der Waals surface area (Å²) in [5.41, 5.74) is 2.38. The highest BCUT2D eigenvalue weighted by Crippen LogP contribution is 2.20. The monoisotopic (exact) mass is 366 g/mol. The maximum absolute atomic E-state index is 12.1. The third kappa shape index (κ3) is 7.31. The summed E-state index contributed by atoms with van der Waals surface area (Å²) in [5, 5.41) is 0. The van der Waals surface area contributed by atoms with E-state index >= 15 is 0 Å². The van der Waals surface area contributed by atoms with Gasteiger partial charge >= 0.3 is 0 Å². The van der Waals surface area contributed by atoms with Crippen molar-refractivity contribution < 1.29 is 13.2 Å². The molecule has 0 aliphatic carbocycles. The van der Waals surface area contributed by atoms with Crippen molar-refractivity contribution in [2.24, 2.45) is 0 Å². The Morgan fingerprint density at radius 1 is 1.04 bits per heavy atom. The molecular weight excluding hydrogens is 332 g/mol. The van der Waals surface area contributed by atoms with Crippen LogP contribution in [-0.4, -0.2) is 24.7 Å². The van der Waals surface area contributed by atoms with Gasteiger partial charge in [-0.05, 0) is 57.1 Å². The van der Waals surface area contributed by atoms with Gasteiger partial charge in [-0.25, -0.2) is 8.42 Å². The molecular formula is C21H34O3S. The molecule has 1 aromatic carbocycles. The molecule has 0 aliphatic rings. The van der Waals surface area contributed by atoms with Crippen molar-refractivity contribution in [1.82, 2.24) is 0 Å². The molecule has 0 radical (unpaired) electrons. The van der Waals surface area contributed by atoms with Gasteiger partial charge in [0.05, 0.1) is 10.5 Å². The molecule has 0 amide bonds. The summed E-state index contributed by atoms with van der Waals surface area (Å²) < 4.78 is 23.4. The lowest BCUT2D eigenvalue weighted by molar-refractivity contribution is -0.118. The van der Waals surface area contributed by atoms with Gasteiger partial charge in [-0.1, -0.05) is 44.5 Å². The number of rotatable bonds is 10. The molecule has 0 N–H and O–H groups in total. The molecule has 142 valence electrons. The number of hydrogen-bond acceptors (Lipinski definition) is 3. The van der Waals surface area contributed by atoms with Crippen LogP contribution in [0, 0.1) is 0 Å². The van der Waals surface area contributed by atoms with Gasteiger partial charge in [-0.15, -0.1) is 0 Å². The molecule has 0 aromatic heterocycles. The van der Waals surface area contributed by atoms with Gasteiger partial charge < -0.3 is 0 Å². The summed E-state index contributed by atoms with van der Waals surface area (Å²) in [5.74, 6) is 0.992. The Balaban J connectivity index is 2.32. The van der Waals surface area contributed by atoms with Crippen molar-refractivity contribution in [2.75, 3.05) is 5.75 Å². The molecule has 3 nitrogen and oxygen atoms in total. The average Bonchev–Trinajstić information content (AvgIpc) is 2.53. The fourth-order valence-electron chi connectivity index (χ4n) is 2.61. The van der Waals surface area contributed by atoms with Crippen molar-refractivity contribution in [1.29, 1.82) is 0 Å². The van der Waals surface area contributed by atoms with E-state index < -0.39 is 14.6 Å². The largest absolute Gasteiger partial charge is 0.299 e. The first-order valence-corrected chi connectivity index (χ1v) is 11.0. The van der Waals surface area contributed by atoms with Crippen molar-refractivity contribution in [3.05, 3.63) is 35.4 Å². The van der Waals surface area contributed by atoms with Crippen molar-refractivity contribution in [2.45, 2.75) is 83.8 Å². The van der Waals surface area contributed by atoms with Crippen LogP contribution >= 0.6 is 0 Å². The molecule has 0 saturated heterocycles. The second-order valence-electron chi connectivity index (χ2n) is 8.01. The summed E-state index contributed by atoms with van der Waals surface area (Å²) in [6, 6.07) is 8.34. The molecule has 0 saturated carbocycles. The fraction of sp³-hybridized carbons (Fsp3) is 0.667. The fourth-order valence-corrected chi connectivity index (χ4v) is 3.81. The van der Waals surface area contributed by atoms with Gasteiger partial charge in [-0.2, -0.15) is 0 Å². The van der Waals surface area contributed by atoms with E-state index in [-0.39, 0.29) is 11.5 Å². The molecule has 1 unspecified atom stereocenters. The van der Waals surface area contributed by atoms with Crippen molar-refractivity contribution in [3.63, 3.8) is 0 Å². The van der Waals surface area contributed by atoms with Gasteiger partial charge in [0, 0.05) is 12.8 Å². The first kappa shape index (κ1) is 21.9. The predicted molar refractivity (Wildman–Crippen MR) is 106 cm³/mol. The van der Waals surface area contributed by atoms with Crippen LogP contribution < -0.4 is 0 Å². The van der Waals surface area contributed by atoms with Gasteiger partial charge in [0.2, 0.25) is 0 Å². The molecule has 0 aliphatic heterocycles. The van der Waals surface area contributed by atoms with Gasteiger partial charge in [0.25, 0.3) is 0 Å².